The molecule has 24 heavy (non-hydrogen) atoms. The van der Waals surface area contributed by atoms with Gasteiger partial charge in [0.15, 0.2) is 5.96 Å². The first-order valence-electron chi connectivity index (χ1n) is 8.04. The minimum absolute atomic E-state index is 0. The van der Waals surface area contributed by atoms with Crippen LogP contribution in [0.3, 0.4) is 0 Å². The molecular formula is C17H27IN4O2. The number of ether oxygens (including phenoxy) is 1. The number of carbonyl (C=O) groups is 1. The normalized spacial score (nSPS) is 13.7. The fraction of sp³-hybridized carbons (Fsp3) is 0.529. The number of guanidine groups is 1. The second kappa shape index (κ2) is 10.4. The summed E-state index contributed by atoms with van der Waals surface area (Å²) >= 11 is 0. The minimum atomic E-state index is -0.0132. The Bertz CT molecular complexity index is 544. The molecule has 1 aromatic carbocycles. The highest BCUT2D eigenvalue weighted by Crippen LogP contribution is 2.18. The predicted molar refractivity (Wildman–Crippen MR) is 107 cm³/mol. The summed E-state index contributed by atoms with van der Waals surface area (Å²) in [7, 11) is 3.62. The van der Waals surface area contributed by atoms with Crippen molar-refractivity contribution in [1.82, 2.24) is 15.5 Å². The van der Waals surface area contributed by atoms with Gasteiger partial charge in [0.25, 0.3) is 0 Å². The topological polar surface area (TPSA) is 66.0 Å². The quantitative estimate of drug-likeness (QED) is 0.382. The highest BCUT2D eigenvalue weighted by molar-refractivity contribution is 14.0. The smallest absolute Gasteiger partial charge is 0.242 e. The van der Waals surface area contributed by atoms with Gasteiger partial charge < -0.3 is 20.3 Å². The number of carbonyl (C=O) groups excluding carboxylic acids is 1. The fourth-order valence-corrected chi connectivity index (χ4v) is 2.20. The first-order chi connectivity index (χ1) is 11.1. The largest absolute Gasteiger partial charge is 0.497 e. The van der Waals surface area contributed by atoms with Crippen molar-refractivity contribution in [2.24, 2.45) is 4.99 Å². The fourth-order valence-electron chi connectivity index (χ4n) is 2.20. The van der Waals surface area contributed by atoms with Gasteiger partial charge in [-0.25, -0.2) is 4.99 Å². The van der Waals surface area contributed by atoms with Gasteiger partial charge in [0, 0.05) is 26.2 Å². The number of rotatable bonds is 7. The second-order valence-corrected chi connectivity index (χ2v) is 5.72. The Balaban J connectivity index is 0.00000288. The summed E-state index contributed by atoms with van der Waals surface area (Å²) in [5.41, 5.74) is 1.15. The van der Waals surface area contributed by atoms with Gasteiger partial charge in [-0.1, -0.05) is 12.1 Å². The lowest BCUT2D eigenvalue weighted by Crippen LogP contribution is -2.39. The molecule has 1 aromatic rings. The van der Waals surface area contributed by atoms with E-state index in [9.17, 15) is 4.79 Å². The Kier molecular flexibility index (Phi) is 8.88. The van der Waals surface area contributed by atoms with Gasteiger partial charge in [-0.15, -0.1) is 24.0 Å². The molecule has 7 heteroatoms. The van der Waals surface area contributed by atoms with E-state index in [0.29, 0.717) is 12.6 Å². The van der Waals surface area contributed by atoms with E-state index in [1.807, 2.05) is 43.1 Å². The summed E-state index contributed by atoms with van der Waals surface area (Å²) in [6, 6.07) is 8.31. The van der Waals surface area contributed by atoms with Crippen LogP contribution in [0, 0.1) is 0 Å². The maximum absolute atomic E-state index is 11.8. The maximum atomic E-state index is 11.8. The van der Waals surface area contributed by atoms with Crippen molar-refractivity contribution in [3.8, 4) is 5.75 Å². The van der Waals surface area contributed by atoms with Crippen molar-refractivity contribution in [2.45, 2.75) is 32.4 Å². The average molecular weight is 446 g/mol. The van der Waals surface area contributed by atoms with Crippen molar-refractivity contribution in [3.63, 3.8) is 0 Å². The summed E-state index contributed by atoms with van der Waals surface area (Å²) in [6.45, 7) is 3.64. The van der Waals surface area contributed by atoms with E-state index >= 15 is 0 Å². The van der Waals surface area contributed by atoms with Crippen LogP contribution < -0.4 is 15.4 Å². The average Bonchev–Trinajstić information content (AvgIpc) is 3.36. The van der Waals surface area contributed by atoms with Crippen LogP contribution >= 0.6 is 24.0 Å². The number of hydrogen-bond acceptors (Lipinski definition) is 3. The van der Waals surface area contributed by atoms with Crippen molar-refractivity contribution in [3.05, 3.63) is 29.8 Å². The number of amides is 1. The van der Waals surface area contributed by atoms with E-state index in [2.05, 4.69) is 15.6 Å². The Morgan fingerprint density at radius 3 is 2.54 bits per heavy atom. The third-order valence-corrected chi connectivity index (χ3v) is 3.59. The Morgan fingerprint density at radius 2 is 2.00 bits per heavy atom. The third kappa shape index (κ3) is 6.94. The number of benzene rings is 1. The lowest BCUT2D eigenvalue weighted by atomic mass is 10.2. The third-order valence-electron chi connectivity index (χ3n) is 3.59. The summed E-state index contributed by atoms with van der Waals surface area (Å²) in [5.74, 6) is 1.56. The predicted octanol–water partition coefficient (Wildman–Crippen LogP) is 1.99. The molecule has 1 aliphatic rings. The number of nitrogens with one attached hydrogen (secondary N) is 2. The number of aliphatic imine (C=N–C) groups is 1. The molecule has 0 unspecified atom stereocenters. The van der Waals surface area contributed by atoms with Gasteiger partial charge in [-0.05, 0) is 37.5 Å². The molecule has 1 aliphatic carbocycles. The standard InChI is InChI=1S/C17H26N4O2.HI/c1-4-18-17(19-11-16(22)20-14-7-8-14)21(2)12-13-5-9-15(23-3)10-6-13;/h5-6,9-10,14H,4,7-8,11-12H2,1-3H3,(H,18,19)(H,20,22);1H. The van der Waals surface area contributed by atoms with Crippen LogP contribution in [0.4, 0.5) is 0 Å². The van der Waals surface area contributed by atoms with E-state index in [-0.39, 0.29) is 36.4 Å². The number of nitrogens with zero attached hydrogens (tertiary/aromatic N) is 2. The van der Waals surface area contributed by atoms with Crippen LogP contribution in [-0.2, 0) is 11.3 Å². The summed E-state index contributed by atoms with van der Waals surface area (Å²) in [6.07, 6.45) is 2.18. The molecule has 0 aromatic heterocycles. The van der Waals surface area contributed by atoms with Crippen molar-refractivity contribution in [1.29, 1.82) is 0 Å². The van der Waals surface area contributed by atoms with Crippen LogP contribution in [0.15, 0.2) is 29.3 Å². The zero-order valence-electron chi connectivity index (χ0n) is 14.5. The van der Waals surface area contributed by atoms with Crippen LogP contribution in [0.5, 0.6) is 5.75 Å². The molecule has 0 atom stereocenters. The summed E-state index contributed by atoms with van der Waals surface area (Å²) in [5, 5.41) is 6.17. The van der Waals surface area contributed by atoms with Crippen molar-refractivity contribution < 1.29 is 9.53 Å². The van der Waals surface area contributed by atoms with Gasteiger partial charge in [0.1, 0.15) is 12.3 Å². The van der Waals surface area contributed by atoms with E-state index < -0.39 is 0 Å². The number of halogens is 1. The molecule has 1 fully saturated rings. The minimum Gasteiger partial charge on any atom is -0.497 e. The van der Waals surface area contributed by atoms with Gasteiger partial charge >= 0.3 is 0 Å². The van der Waals surface area contributed by atoms with Crippen LogP contribution in [0.25, 0.3) is 0 Å². The molecule has 1 amide bonds. The monoisotopic (exact) mass is 446 g/mol. The molecule has 134 valence electrons. The SMILES string of the molecule is CCNC(=NCC(=O)NC1CC1)N(C)Cc1ccc(OC)cc1.I. The molecule has 0 bridgehead atoms. The molecule has 1 saturated carbocycles. The maximum Gasteiger partial charge on any atom is 0.242 e. The molecule has 0 heterocycles. The number of hydrogen-bond donors (Lipinski definition) is 2. The molecule has 0 radical (unpaired) electrons. The first kappa shape index (κ1) is 20.5. The molecule has 2 rings (SSSR count). The lowest BCUT2D eigenvalue weighted by molar-refractivity contribution is -0.119. The van der Waals surface area contributed by atoms with E-state index in [0.717, 1.165) is 36.7 Å². The van der Waals surface area contributed by atoms with E-state index in [1.54, 1.807) is 7.11 Å². The zero-order valence-corrected chi connectivity index (χ0v) is 16.9. The van der Waals surface area contributed by atoms with Gasteiger partial charge in [-0.2, -0.15) is 0 Å². The summed E-state index contributed by atoms with van der Waals surface area (Å²) in [4.78, 5) is 18.2. The number of methoxy groups -OCH3 is 1. The zero-order chi connectivity index (χ0) is 16.7. The Morgan fingerprint density at radius 1 is 1.33 bits per heavy atom. The Hall–Kier alpha value is -1.51. The van der Waals surface area contributed by atoms with Crippen LogP contribution in [0.2, 0.25) is 0 Å². The molecular weight excluding hydrogens is 419 g/mol. The highest BCUT2D eigenvalue weighted by Gasteiger charge is 2.22. The van der Waals surface area contributed by atoms with Gasteiger partial charge in [0.05, 0.1) is 7.11 Å². The molecule has 0 spiro atoms. The van der Waals surface area contributed by atoms with Crippen molar-refractivity contribution >= 4 is 35.8 Å². The highest BCUT2D eigenvalue weighted by atomic mass is 127. The molecule has 6 nitrogen and oxygen atoms in total. The Labute approximate surface area is 161 Å². The van der Waals surface area contributed by atoms with E-state index in [1.165, 1.54) is 0 Å². The molecule has 0 saturated heterocycles. The summed E-state index contributed by atoms with van der Waals surface area (Å²) < 4.78 is 5.17. The lowest BCUT2D eigenvalue weighted by Gasteiger charge is -2.22. The second-order valence-electron chi connectivity index (χ2n) is 5.72. The van der Waals surface area contributed by atoms with Crippen molar-refractivity contribution in [2.75, 3.05) is 27.2 Å². The van der Waals surface area contributed by atoms with Crippen LogP contribution in [0.1, 0.15) is 25.3 Å². The van der Waals surface area contributed by atoms with Gasteiger partial charge in [-0.3, -0.25) is 4.79 Å². The van der Waals surface area contributed by atoms with Crippen LogP contribution in [-0.4, -0.2) is 50.1 Å². The molecule has 2 N–H and O–H groups in total. The van der Waals surface area contributed by atoms with Gasteiger partial charge in [0.2, 0.25) is 5.91 Å². The first-order valence-corrected chi connectivity index (χ1v) is 8.04. The molecule has 0 aliphatic heterocycles. The van der Waals surface area contributed by atoms with E-state index in [4.69, 9.17) is 4.74 Å².